The molecule has 1 aliphatic heterocycles. The molecule has 1 N–H and O–H groups in total. The highest BCUT2D eigenvalue weighted by Gasteiger charge is 2.39. The quantitative estimate of drug-likeness (QED) is 0.762. The van der Waals surface area contributed by atoms with Crippen LogP contribution in [0.5, 0.6) is 11.5 Å². The summed E-state index contributed by atoms with van der Waals surface area (Å²) in [5.41, 5.74) is 1.79. The number of carbonyl (C=O) groups excluding carboxylic acids is 2. The number of imide groups is 1. The lowest BCUT2D eigenvalue weighted by atomic mass is 10.0. The number of hydrogen-bond donors (Lipinski definition) is 1. The van der Waals surface area contributed by atoms with Gasteiger partial charge in [-0.05, 0) is 32.0 Å². The van der Waals surface area contributed by atoms with E-state index in [0.29, 0.717) is 41.5 Å². The molecule has 0 aromatic heterocycles. The van der Waals surface area contributed by atoms with Crippen molar-refractivity contribution >= 4 is 23.1 Å². The molecule has 0 fully saturated rings. The highest BCUT2D eigenvalue weighted by atomic mass is 16.5. The van der Waals surface area contributed by atoms with Crippen molar-refractivity contribution < 1.29 is 19.1 Å². The van der Waals surface area contributed by atoms with E-state index in [2.05, 4.69) is 5.32 Å². The Labute approximate surface area is 158 Å². The van der Waals surface area contributed by atoms with Gasteiger partial charge in [0.05, 0.1) is 19.3 Å². The summed E-state index contributed by atoms with van der Waals surface area (Å²) in [6.45, 7) is 4.51. The minimum atomic E-state index is -0.356. The van der Waals surface area contributed by atoms with Crippen molar-refractivity contribution in [3.63, 3.8) is 0 Å². The Balaban J connectivity index is 2.09. The Bertz CT molecular complexity index is 905. The van der Waals surface area contributed by atoms with E-state index in [4.69, 9.17) is 9.47 Å². The molecule has 1 heterocycles. The maximum atomic E-state index is 12.9. The van der Waals surface area contributed by atoms with Crippen molar-refractivity contribution in [3.8, 4) is 11.5 Å². The molecule has 2 aromatic rings. The first-order valence-electron chi connectivity index (χ1n) is 8.84. The average molecular weight is 366 g/mol. The van der Waals surface area contributed by atoms with Gasteiger partial charge in [-0.25, -0.2) is 0 Å². The molecule has 3 rings (SSSR count). The lowest BCUT2D eigenvalue weighted by molar-refractivity contribution is -0.136. The Morgan fingerprint density at radius 3 is 2.48 bits per heavy atom. The van der Waals surface area contributed by atoms with Crippen LogP contribution in [0.3, 0.4) is 0 Å². The highest BCUT2D eigenvalue weighted by Crippen LogP contribution is 2.35. The van der Waals surface area contributed by atoms with E-state index in [-0.39, 0.29) is 17.5 Å². The number of likely N-dealkylation sites (N-methyl/N-ethyl adjacent to an activating group) is 1. The molecule has 2 aromatic carbocycles. The minimum Gasteiger partial charge on any atom is -0.496 e. The summed E-state index contributed by atoms with van der Waals surface area (Å²) in [6.07, 6.45) is 0. The summed E-state index contributed by atoms with van der Waals surface area (Å²) in [4.78, 5) is 27.0. The Hall–Kier alpha value is -3.28. The molecule has 0 bridgehead atoms. The van der Waals surface area contributed by atoms with Crippen molar-refractivity contribution in [1.29, 1.82) is 0 Å². The van der Waals surface area contributed by atoms with E-state index in [1.165, 1.54) is 12.0 Å². The fraction of sp³-hybridized carbons (Fsp3) is 0.238. The molecule has 1 aliphatic rings. The van der Waals surface area contributed by atoms with E-state index < -0.39 is 0 Å². The standard InChI is InChI=1S/C21H22N2O4/c1-4-23-20(24)18(16-11-6-7-12-17(16)26-3)19(21(23)25)22-14-9-8-10-15(13-14)27-5-2/h6-13,22H,4-5H2,1-3H3. The number of carbonyl (C=O) groups is 2. The maximum absolute atomic E-state index is 12.9. The van der Waals surface area contributed by atoms with Gasteiger partial charge in [0, 0.05) is 23.9 Å². The molecule has 0 unspecified atom stereocenters. The molecular weight excluding hydrogens is 344 g/mol. The zero-order valence-corrected chi connectivity index (χ0v) is 15.6. The van der Waals surface area contributed by atoms with Gasteiger partial charge in [-0.3, -0.25) is 14.5 Å². The SMILES string of the molecule is CCOc1cccc(NC2=C(c3ccccc3OC)C(=O)N(CC)C2=O)c1. The van der Waals surface area contributed by atoms with E-state index in [9.17, 15) is 9.59 Å². The van der Waals surface area contributed by atoms with Crippen LogP contribution < -0.4 is 14.8 Å². The second-order valence-corrected chi connectivity index (χ2v) is 5.89. The zero-order valence-electron chi connectivity index (χ0n) is 15.6. The molecule has 0 aliphatic carbocycles. The van der Waals surface area contributed by atoms with Gasteiger partial charge in [0.1, 0.15) is 17.2 Å². The molecule has 0 spiro atoms. The first-order valence-corrected chi connectivity index (χ1v) is 8.84. The Kier molecular flexibility index (Phi) is 5.45. The largest absolute Gasteiger partial charge is 0.496 e. The number of hydrogen-bond acceptors (Lipinski definition) is 5. The van der Waals surface area contributed by atoms with E-state index >= 15 is 0 Å². The summed E-state index contributed by atoms with van der Waals surface area (Å²) in [5, 5.41) is 3.12. The van der Waals surface area contributed by atoms with Gasteiger partial charge in [0.25, 0.3) is 11.8 Å². The zero-order chi connectivity index (χ0) is 19.4. The van der Waals surface area contributed by atoms with Crippen molar-refractivity contribution in [2.75, 3.05) is 25.6 Å². The third-order valence-electron chi connectivity index (χ3n) is 4.27. The van der Waals surface area contributed by atoms with Crippen LogP contribution in [0.1, 0.15) is 19.4 Å². The predicted molar refractivity (Wildman–Crippen MR) is 104 cm³/mol. The molecule has 6 heteroatoms. The lowest BCUT2D eigenvalue weighted by Gasteiger charge is -2.12. The number of nitrogens with one attached hydrogen (secondary N) is 1. The molecule has 0 saturated carbocycles. The summed E-state index contributed by atoms with van der Waals surface area (Å²) in [6, 6.07) is 14.5. The van der Waals surface area contributed by atoms with Gasteiger partial charge >= 0.3 is 0 Å². The molecule has 0 atom stereocenters. The monoisotopic (exact) mass is 366 g/mol. The number of benzene rings is 2. The van der Waals surface area contributed by atoms with Gasteiger partial charge in [-0.15, -0.1) is 0 Å². The van der Waals surface area contributed by atoms with Gasteiger partial charge in [0.15, 0.2) is 0 Å². The molecule has 2 amide bonds. The summed E-state index contributed by atoms with van der Waals surface area (Å²) < 4.78 is 10.9. The lowest BCUT2D eigenvalue weighted by Crippen LogP contribution is -2.32. The number of nitrogens with zero attached hydrogens (tertiary/aromatic N) is 1. The van der Waals surface area contributed by atoms with Crippen LogP contribution in [0, 0.1) is 0 Å². The fourth-order valence-electron chi connectivity index (χ4n) is 3.05. The van der Waals surface area contributed by atoms with Crippen LogP contribution in [-0.2, 0) is 9.59 Å². The molecule has 0 saturated heterocycles. The first kappa shape index (κ1) is 18.5. The molecule has 0 radical (unpaired) electrons. The minimum absolute atomic E-state index is 0.236. The number of rotatable bonds is 7. The second-order valence-electron chi connectivity index (χ2n) is 5.89. The Morgan fingerprint density at radius 2 is 1.78 bits per heavy atom. The van der Waals surface area contributed by atoms with E-state index in [0.717, 1.165) is 0 Å². The van der Waals surface area contributed by atoms with Crippen molar-refractivity contribution in [2.24, 2.45) is 0 Å². The van der Waals surface area contributed by atoms with Crippen LogP contribution in [0.2, 0.25) is 0 Å². The third kappa shape index (κ3) is 3.51. The van der Waals surface area contributed by atoms with E-state index in [1.54, 1.807) is 25.1 Å². The van der Waals surface area contributed by atoms with Crippen LogP contribution >= 0.6 is 0 Å². The van der Waals surface area contributed by atoms with Crippen molar-refractivity contribution in [2.45, 2.75) is 13.8 Å². The smallest absolute Gasteiger partial charge is 0.278 e. The Morgan fingerprint density at radius 1 is 1.00 bits per heavy atom. The maximum Gasteiger partial charge on any atom is 0.278 e. The van der Waals surface area contributed by atoms with Crippen LogP contribution in [0.25, 0.3) is 5.57 Å². The van der Waals surface area contributed by atoms with Crippen molar-refractivity contribution in [1.82, 2.24) is 4.90 Å². The summed E-state index contributed by atoms with van der Waals surface area (Å²) >= 11 is 0. The normalized spacial score (nSPS) is 14.0. The number of para-hydroxylation sites is 1. The number of methoxy groups -OCH3 is 1. The first-order chi connectivity index (χ1) is 13.1. The topological polar surface area (TPSA) is 67.9 Å². The molecule has 140 valence electrons. The van der Waals surface area contributed by atoms with E-state index in [1.807, 2.05) is 37.3 Å². The van der Waals surface area contributed by atoms with Gasteiger partial charge < -0.3 is 14.8 Å². The average Bonchev–Trinajstić information content (AvgIpc) is 2.91. The number of ether oxygens (including phenoxy) is 2. The summed E-state index contributed by atoms with van der Waals surface area (Å²) in [5.74, 6) is 0.528. The fourth-order valence-corrected chi connectivity index (χ4v) is 3.05. The number of anilines is 1. The second kappa shape index (κ2) is 7.95. The van der Waals surface area contributed by atoms with Gasteiger partial charge in [-0.1, -0.05) is 24.3 Å². The van der Waals surface area contributed by atoms with Gasteiger partial charge in [0.2, 0.25) is 0 Å². The molecule has 6 nitrogen and oxygen atoms in total. The predicted octanol–water partition coefficient (Wildman–Crippen LogP) is 3.31. The third-order valence-corrected chi connectivity index (χ3v) is 4.27. The number of amides is 2. The van der Waals surface area contributed by atoms with Crippen molar-refractivity contribution in [3.05, 3.63) is 59.8 Å². The molecule has 27 heavy (non-hydrogen) atoms. The van der Waals surface area contributed by atoms with Crippen LogP contribution in [0.15, 0.2) is 54.2 Å². The van der Waals surface area contributed by atoms with Crippen LogP contribution in [0.4, 0.5) is 5.69 Å². The van der Waals surface area contributed by atoms with Crippen LogP contribution in [-0.4, -0.2) is 37.0 Å². The van der Waals surface area contributed by atoms with Gasteiger partial charge in [-0.2, -0.15) is 0 Å². The molecular formula is C21H22N2O4. The summed E-state index contributed by atoms with van der Waals surface area (Å²) in [7, 11) is 1.54. The highest BCUT2D eigenvalue weighted by molar-refractivity contribution is 6.37.